The Hall–Kier alpha value is -0.790. The number of hydrogen-bond acceptors (Lipinski definition) is 2. The Kier molecular flexibility index (Phi) is 3.12. The molecule has 0 saturated heterocycles. The summed E-state index contributed by atoms with van der Waals surface area (Å²) < 4.78 is 41.9. The minimum absolute atomic E-state index is 0.347. The van der Waals surface area contributed by atoms with Crippen LogP contribution in [0.1, 0.15) is 10.4 Å². The summed E-state index contributed by atoms with van der Waals surface area (Å²) in [7, 11) is 0. The molecule has 0 aliphatic carbocycles. The van der Waals surface area contributed by atoms with Crippen LogP contribution >= 0.6 is 23.0 Å². The van der Waals surface area contributed by atoms with Gasteiger partial charge in [0, 0.05) is 6.07 Å². The first-order valence-corrected chi connectivity index (χ1v) is 3.91. The van der Waals surface area contributed by atoms with Gasteiger partial charge in [0.25, 0.3) is 0 Å². The standard InChI is InChI=1S/C7H2F3IO2/c8-3-1-4(7(12)13-11)6(10)5(9)2-3/h1-2H. The van der Waals surface area contributed by atoms with E-state index in [-0.39, 0.29) is 0 Å². The van der Waals surface area contributed by atoms with Crippen molar-refractivity contribution < 1.29 is 21.0 Å². The van der Waals surface area contributed by atoms with Gasteiger partial charge in [0.1, 0.15) is 11.4 Å². The molecule has 0 bridgehead atoms. The van der Waals surface area contributed by atoms with Crippen LogP contribution in [-0.4, -0.2) is 5.97 Å². The zero-order chi connectivity index (χ0) is 10.0. The molecule has 0 aliphatic rings. The van der Waals surface area contributed by atoms with Gasteiger partial charge in [0.2, 0.25) is 0 Å². The van der Waals surface area contributed by atoms with Gasteiger partial charge in [-0.15, -0.1) is 0 Å². The van der Waals surface area contributed by atoms with Gasteiger partial charge in [-0.2, -0.15) is 0 Å². The lowest BCUT2D eigenvalue weighted by Gasteiger charge is -2.00. The van der Waals surface area contributed by atoms with Crippen molar-refractivity contribution in [3.63, 3.8) is 0 Å². The van der Waals surface area contributed by atoms with E-state index in [0.717, 1.165) is 0 Å². The molecule has 70 valence electrons. The van der Waals surface area contributed by atoms with E-state index < -0.39 is 29.0 Å². The van der Waals surface area contributed by atoms with E-state index in [2.05, 4.69) is 3.07 Å². The third kappa shape index (κ3) is 2.11. The Balaban J connectivity index is 3.28. The predicted octanol–water partition coefficient (Wildman–Crippen LogP) is 2.61. The number of hydrogen-bond donors (Lipinski definition) is 0. The van der Waals surface area contributed by atoms with Gasteiger partial charge in [-0.25, -0.2) is 18.0 Å². The number of carbonyl (C=O) groups is 1. The van der Waals surface area contributed by atoms with Crippen molar-refractivity contribution in [3.8, 4) is 0 Å². The van der Waals surface area contributed by atoms with E-state index in [9.17, 15) is 18.0 Å². The molecular weight excluding hydrogens is 300 g/mol. The second-order valence-electron chi connectivity index (χ2n) is 2.11. The van der Waals surface area contributed by atoms with E-state index in [0.29, 0.717) is 12.1 Å². The van der Waals surface area contributed by atoms with Gasteiger partial charge in [-0.1, -0.05) is 0 Å². The van der Waals surface area contributed by atoms with Crippen LogP contribution in [0.5, 0.6) is 0 Å². The van der Waals surface area contributed by atoms with Gasteiger partial charge in [-0.05, 0) is 6.07 Å². The van der Waals surface area contributed by atoms with E-state index in [1.165, 1.54) is 23.0 Å². The molecule has 0 aromatic heterocycles. The van der Waals surface area contributed by atoms with Crippen LogP contribution in [0.4, 0.5) is 13.2 Å². The molecule has 0 radical (unpaired) electrons. The van der Waals surface area contributed by atoms with Crippen LogP contribution < -0.4 is 0 Å². The third-order valence-corrected chi connectivity index (χ3v) is 1.68. The number of benzene rings is 1. The van der Waals surface area contributed by atoms with Gasteiger partial charge in [0.05, 0.1) is 0 Å². The molecule has 0 heterocycles. The third-order valence-electron chi connectivity index (χ3n) is 1.28. The fourth-order valence-corrected chi connectivity index (χ4v) is 0.983. The topological polar surface area (TPSA) is 26.3 Å². The van der Waals surface area contributed by atoms with Gasteiger partial charge < -0.3 is 3.07 Å². The molecule has 0 aliphatic heterocycles. The Bertz CT molecular complexity index is 354. The summed E-state index contributed by atoms with van der Waals surface area (Å²) in [5.41, 5.74) is -0.757. The Morgan fingerprint density at radius 1 is 1.31 bits per heavy atom. The number of rotatable bonds is 1. The molecule has 1 aromatic carbocycles. The lowest BCUT2D eigenvalue weighted by Crippen LogP contribution is -2.04. The van der Waals surface area contributed by atoms with Crippen LogP contribution in [0.3, 0.4) is 0 Å². The summed E-state index contributed by atoms with van der Waals surface area (Å²) in [5, 5.41) is 0. The smallest absolute Gasteiger partial charge is 0.350 e. The molecule has 0 unspecified atom stereocenters. The van der Waals surface area contributed by atoms with Crippen LogP contribution in [0.15, 0.2) is 12.1 Å². The Labute approximate surface area is 85.4 Å². The average Bonchev–Trinajstić information content (AvgIpc) is 2.10. The monoisotopic (exact) mass is 302 g/mol. The fourth-order valence-electron chi connectivity index (χ4n) is 0.746. The van der Waals surface area contributed by atoms with Crippen LogP contribution in [0.2, 0.25) is 0 Å². The molecule has 1 rings (SSSR count). The zero-order valence-electron chi connectivity index (χ0n) is 5.98. The molecule has 0 spiro atoms. The maximum absolute atomic E-state index is 12.8. The van der Waals surface area contributed by atoms with Gasteiger partial charge in [0.15, 0.2) is 34.6 Å². The molecule has 2 nitrogen and oxygen atoms in total. The molecule has 6 heteroatoms. The highest BCUT2D eigenvalue weighted by Crippen LogP contribution is 2.15. The van der Waals surface area contributed by atoms with Crippen molar-refractivity contribution in [2.45, 2.75) is 0 Å². The highest BCUT2D eigenvalue weighted by atomic mass is 127. The first kappa shape index (κ1) is 10.3. The van der Waals surface area contributed by atoms with Crippen LogP contribution in [0.25, 0.3) is 0 Å². The summed E-state index contributed by atoms with van der Waals surface area (Å²) in [5.74, 6) is -4.99. The van der Waals surface area contributed by atoms with E-state index in [1.807, 2.05) is 0 Å². The van der Waals surface area contributed by atoms with Crippen molar-refractivity contribution >= 4 is 29.0 Å². The maximum Gasteiger partial charge on any atom is 0.350 e. The molecule has 0 saturated carbocycles. The van der Waals surface area contributed by atoms with Crippen molar-refractivity contribution in [1.82, 2.24) is 0 Å². The predicted molar refractivity (Wildman–Crippen MR) is 45.8 cm³/mol. The van der Waals surface area contributed by atoms with E-state index in [4.69, 9.17) is 0 Å². The lowest BCUT2D eigenvalue weighted by molar-refractivity contribution is 0.0793. The molecule has 1 aromatic rings. The maximum atomic E-state index is 12.8. The largest absolute Gasteiger partial charge is 0.391 e. The molecule has 0 atom stereocenters. The average molecular weight is 302 g/mol. The number of carbonyl (C=O) groups excluding carboxylic acids is 1. The summed E-state index contributed by atoms with van der Waals surface area (Å²) in [6, 6.07) is 0.915. The van der Waals surface area contributed by atoms with Crippen molar-refractivity contribution in [2.24, 2.45) is 0 Å². The Morgan fingerprint density at radius 3 is 2.46 bits per heavy atom. The van der Waals surface area contributed by atoms with Crippen LogP contribution in [0, 0.1) is 17.5 Å². The van der Waals surface area contributed by atoms with Gasteiger partial charge in [-0.3, -0.25) is 0 Å². The van der Waals surface area contributed by atoms with E-state index >= 15 is 0 Å². The van der Waals surface area contributed by atoms with Gasteiger partial charge >= 0.3 is 5.97 Å². The van der Waals surface area contributed by atoms with Crippen LogP contribution in [-0.2, 0) is 3.07 Å². The Morgan fingerprint density at radius 2 is 1.92 bits per heavy atom. The van der Waals surface area contributed by atoms with Crippen molar-refractivity contribution in [3.05, 3.63) is 35.1 Å². The zero-order valence-corrected chi connectivity index (χ0v) is 8.14. The SMILES string of the molecule is O=C(OI)c1cc(F)cc(F)c1F. The van der Waals surface area contributed by atoms with Crippen molar-refractivity contribution in [2.75, 3.05) is 0 Å². The number of halogens is 4. The summed E-state index contributed by atoms with van der Waals surface area (Å²) >= 11 is 1.20. The highest BCUT2D eigenvalue weighted by molar-refractivity contribution is 14.1. The minimum Gasteiger partial charge on any atom is -0.391 e. The van der Waals surface area contributed by atoms with E-state index in [1.54, 1.807) is 0 Å². The normalized spacial score (nSPS) is 9.85. The summed E-state index contributed by atoms with van der Waals surface area (Å²) in [6.45, 7) is 0. The summed E-state index contributed by atoms with van der Waals surface area (Å²) in [4.78, 5) is 10.7. The second-order valence-corrected chi connectivity index (χ2v) is 2.55. The highest BCUT2D eigenvalue weighted by Gasteiger charge is 2.18. The lowest BCUT2D eigenvalue weighted by atomic mass is 10.2. The molecule has 13 heavy (non-hydrogen) atoms. The minimum atomic E-state index is -1.42. The fraction of sp³-hybridized carbons (Fsp3) is 0. The first-order chi connectivity index (χ1) is 6.06. The quantitative estimate of drug-likeness (QED) is 0.589. The molecule has 0 amide bonds. The van der Waals surface area contributed by atoms with Crippen molar-refractivity contribution in [1.29, 1.82) is 0 Å². The molecule has 0 fully saturated rings. The summed E-state index contributed by atoms with van der Waals surface area (Å²) in [6.07, 6.45) is 0. The molecular formula is C7H2F3IO2. The second kappa shape index (κ2) is 3.95. The molecule has 0 N–H and O–H groups in total. The first-order valence-electron chi connectivity index (χ1n) is 3.03.